The van der Waals surface area contributed by atoms with Crippen molar-refractivity contribution in [2.24, 2.45) is 11.1 Å². The van der Waals surface area contributed by atoms with E-state index in [-0.39, 0.29) is 22.7 Å². The minimum absolute atomic E-state index is 0.00237. The molecule has 0 bridgehead atoms. The highest BCUT2D eigenvalue weighted by atomic mass is 19.1. The summed E-state index contributed by atoms with van der Waals surface area (Å²) in [4.78, 5) is 30.5. The number of halogens is 1. The molecule has 2 aliphatic heterocycles. The van der Waals surface area contributed by atoms with Crippen molar-refractivity contribution in [3.05, 3.63) is 84.3 Å². The maximum atomic E-state index is 16.4. The number of carbonyl (C=O) groups excluding carboxylic acids is 1. The van der Waals surface area contributed by atoms with Crippen molar-refractivity contribution >= 4 is 28.6 Å². The summed E-state index contributed by atoms with van der Waals surface area (Å²) in [7, 11) is 1.87. The molecule has 1 saturated carbocycles. The topological polar surface area (TPSA) is 119 Å². The van der Waals surface area contributed by atoms with Crippen LogP contribution in [0.1, 0.15) is 44.1 Å². The standard InChI is InChI=1S/C36H37FN8O/c1-43-22-35(21-30(43)46)16-19-44(20-17-35)29-7-2-5-25(31(29)37)27-12-13-28-34(41-27)45(33(42-28)26-6-3-18-40-32(26)38)24-10-8-23(9-11-24)36(39)14-4-15-36/h2-3,5-13,18H,4,14-17,19-22,39H2,1H3,(H2,38,40). The number of aromatic nitrogens is 4. The molecule has 0 unspecified atom stereocenters. The molecule has 2 aromatic carbocycles. The zero-order chi connectivity index (χ0) is 31.6. The van der Waals surface area contributed by atoms with Crippen LogP contribution in [-0.2, 0) is 10.3 Å². The Balaban J connectivity index is 1.18. The van der Waals surface area contributed by atoms with E-state index in [1.807, 2.05) is 65.0 Å². The van der Waals surface area contributed by atoms with Gasteiger partial charge in [0.05, 0.1) is 16.9 Å². The number of piperidine rings is 1. The van der Waals surface area contributed by atoms with Crippen molar-refractivity contribution in [1.29, 1.82) is 0 Å². The fourth-order valence-corrected chi connectivity index (χ4v) is 7.55. The van der Waals surface area contributed by atoms with Gasteiger partial charge in [0.25, 0.3) is 0 Å². The monoisotopic (exact) mass is 616 g/mol. The molecule has 1 amide bonds. The molecule has 2 saturated heterocycles. The second kappa shape index (κ2) is 10.6. The molecular weight excluding hydrogens is 579 g/mol. The molecule has 0 atom stereocenters. The lowest BCUT2D eigenvalue weighted by atomic mass is 9.73. The van der Waals surface area contributed by atoms with Crippen LogP contribution in [0.2, 0.25) is 0 Å². The van der Waals surface area contributed by atoms with Crippen LogP contribution >= 0.6 is 0 Å². The molecule has 1 spiro atoms. The van der Waals surface area contributed by atoms with Crippen molar-refractivity contribution in [1.82, 2.24) is 24.4 Å². The quantitative estimate of drug-likeness (QED) is 0.262. The molecule has 8 rings (SSSR count). The Morgan fingerprint density at radius 3 is 2.33 bits per heavy atom. The molecule has 3 fully saturated rings. The van der Waals surface area contributed by atoms with Gasteiger partial charge in [-0.1, -0.05) is 18.2 Å². The van der Waals surface area contributed by atoms with Gasteiger partial charge in [-0.15, -0.1) is 0 Å². The molecular formula is C36H37FN8O. The lowest BCUT2D eigenvalue weighted by Gasteiger charge is -2.40. The second-order valence-corrected chi connectivity index (χ2v) is 13.4. The lowest BCUT2D eigenvalue weighted by molar-refractivity contribution is -0.126. The Morgan fingerprint density at radius 2 is 1.65 bits per heavy atom. The number of hydrogen-bond donors (Lipinski definition) is 2. The van der Waals surface area contributed by atoms with Gasteiger partial charge in [0.1, 0.15) is 11.3 Å². The van der Waals surface area contributed by atoms with Gasteiger partial charge in [0.15, 0.2) is 17.3 Å². The maximum absolute atomic E-state index is 16.4. The van der Waals surface area contributed by atoms with Crippen LogP contribution in [0.5, 0.6) is 0 Å². The fraction of sp³-hybridized carbons (Fsp3) is 0.333. The van der Waals surface area contributed by atoms with Gasteiger partial charge in [0, 0.05) is 61.5 Å². The van der Waals surface area contributed by atoms with Crippen LogP contribution in [0.3, 0.4) is 0 Å². The van der Waals surface area contributed by atoms with E-state index in [2.05, 4.69) is 22.0 Å². The number of nitrogen functional groups attached to an aromatic ring is 1. The van der Waals surface area contributed by atoms with E-state index in [1.54, 1.807) is 12.3 Å². The largest absolute Gasteiger partial charge is 0.383 e. The lowest BCUT2D eigenvalue weighted by Crippen LogP contribution is -2.43. The highest BCUT2D eigenvalue weighted by Crippen LogP contribution is 2.43. The molecule has 3 aliphatic rings. The van der Waals surface area contributed by atoms with Gasteiger partial charge in [-0.3, -0.25) is 9.36 Å². The molecule has 4 N–H and O–H groups in total. The highest BCUT2D eigenvalue weighted by molar-refractivity contribution is 5.85. The van der Waals surface area contributed by atoms with Crippen LogP contribution in [0, 0.1) is 11.2 Å². The normalized spacial score (nSPS) is 18.8. The number of anilines is 2. The number of fused-ring (bicyclic) bond motifs is 1. The van der Waals surface area contributed by atoms with Crippen molar-refractivity contribution in [3.63, 3.8) is 0 Å². The number of rotatable bonds is 5. The Hall–Kier alpha value is -4.83. The van der Waals surface area contributed by atoms with E-state index in [0.29, 0.717) is 64.8 Å². The smallest absolute Gasteiger partial charge is 0.222 e. The molecule has 0 radical (unpaired) electrons. The first-order valence-electron chi connectivity index (χ1n) is 16.0. The minimum atomic E-state index is -0.300. The van der Waals surface area contributed by atoms with Gasteiger partial charge >= 0.3 is 0 Å². The van der Waals surface area contributed by atoms with E-state index in [4.69, 9.17) is 21.4 Å². The number of imidazole rings is 1. The molecule has 46 heavy (non-hydrogen) atoms. The Kier molecular flexibility index (Phi) is 6.61. The Labute approximate surface area is 267 Å². The van der Waals surface area contributed by atoms with Crippen molar-refractivity contribution in [2.45, 2.75) is 44.1 Å². The van der Waals surface area contributed by atoms with Crippen molar-refractivity contribution in [3.8, 4) is 28.3 Å². The zero-order valence-electron chi connectivity index (χ0n) is 25.9. The van der Waals surface area contributed by atoms with Crippen LogP contribution < -0.4 is 16.4 Å². The average Bonchev–Trinajstić information content (AvgIpc) is 3.56. The first kappa shape index (κ1) is 28.6. The summed E-state index contributed by atoms with van der Waals surface area (Å²) in [5, 5.41) is 0. The van der Waals surface area contributed by atoms with Crippen molar-refractivity contribution in [2.75, 3.05) is 37.3 Å². The minimum Gasteiger partial charge on any atom is -0.383 e. The van der Waals surface area contributed by atoms with Crippen molar-refractivity contribution < 1.29 is 9.18 Å². The van der Waals surface area contributed by atoms with Gasteiger partial charge in [0.2, 0.25) is 5.91 Å². The molecule has 10 heteroatoms. The number of benzene rings is 2. The molecule has 9 nitrogen and oxygen atoms in total. The number of pyridine rings is 2. The third kappa shape index (κ3) is 4.62. The number of nitrogens with zero attached hydrogens (tertiary/aromatic N) is 6. The summed E-state index contributed by atoms with van der Waals surface area (Å²) in [6, 6.07) is 21.1. The van der Waals surface area contributed by atoms with Gasteiger partial charge < -0.3 is 21.3 Å². The van der Waals surface area contributed by atoms with Gasteiger partial charge in [-0.25, -0.2) is 19.3 Å². The Morgan fingerprint density at radius 1 is 0.891 bits per heavy atom. The number of nitrogens with two attached hydrogens (primary N) is 2. The van der Waals surface area contributed by atoms with E-state index in [9.17, 15) is 4.79 Å². The van der Waals surface area contributed by atoms with Gasteiger partial charge in [-0.2, -0.15) is 0 Å². The van der Waals surface area contributed by atoms with Gasteiger partial charge in [-0.05, 0) is 86.2 Å². The Bertz CT molecular complexity index is 1970. The summed E-state index contributed by atoms with van der Waals surface area (Å²) in [6.45, 7) is 2.19. The molecule has 5 aromatic rings. The molecule has 3 aromatic heterocycles. The summed E-state index contributed by atoms with van der Waals surface area (Å²) in [5.41, 5.74) is 18.1. The highest BCUT2D eigenvalue weighted by Gasteiger charge is 2.44. The summed E-state index contributed by atoms with van der Waals surface area (Å²) in [5.74, 6) is 0.874. The predicted molar refractivity (Wildman–Crippen MR) is 178 cm³/mol. The van der Waals surface area contributed by atoms with E-state index >= 15 is 4.39 Å². The summed E-state index contributed by atoms with van der Waals surface area (Å²) >= 11 is 0. The number of likely N-dealkylation sites (tertiary alicyclic amines) is 1. The summed E-state index contributed by atoms with van der Waals surface area (Å²) < 4.78 is 18.3. The SMILES string of the molecule is CN1CC2(CCN(c3cccc(-c4ccc5nc(-c6cccnc6N)n(-c6ccc(C7(N)CCC7)cc6)c5n4)c3F)CC2)CC1=O. The van der Waals surface area contributed by atoms with Crippen LogP contribution in [0.4, 0.5) is 15.9 Å². The zero-order valence-corrected chi connectivity index (χ0v) is 25.9. The molecule has 1 aliphatic carbocycles. The fourth-order valence-electron chi connectivity index (χ4n) is 7.55. The van der Waals surface area contributed by atoms with E-state index in [1.165, 1.54) is 0 Å². The van der Waals surface area contributed by atoms with E-state index in [0.717, 1.165) is 49.9 Å². The first-order chi connectivity index (χ1) is 22.2. The molecule has 234 valence electrons. The predicted octanol–water partition coefficient (Wildman–Crippen LogP) is 5.66. The van der Waals surface area contributed by atoms with Crippen LogP contribution in [0.25, 0.3) is 39.5 Å². The average molecular weight is 617 g/mol. The van der Waals surface area contributed by atoms with Crippen LogP contribution in [0.15, 0.2) is 72.9 Å². The second-order valence-electron chi connectivity index (χ2n) is 13.4. The maximum Gasteiger partial charge on any atom is 0.222 e. The molecule has 5 heterocycles. The number of hydrogen-bond acceptors (Lipinski definition) is 7. The van der Waals surface area contributed by atoms with Crippen LogP contribution in [-0.4, -0.2) is 57.0 Å². The number of amides is 1. The van der Waals surface area contributed by atoms with E-state index < -0.39 is 0 Å². The summed E-state index contributed by atoms with van der Waals surface area (Å²) in [6.07, 6.45) is 7.04. The third-order valence-electron chi connectivity index (χ3n) is 10.5. The third-order valence-corrected chi connectivity index (χ3v) is 10.5. The number of carbonyl (C=O) groups is 1. The first-order valence-corrected chi connectivity index (χ1v) is 16.0.